The Labute approximate surface area is 172 Å². The maximum Gasteiger partial charge on any atom is 0.241 e. The molecule has 0 aliphatic heterocycles. The third-order valence-corrected chi connectivity index (χ3v) is 4.43. The Morgan fingerprint density at radius 1 is 0.643 bits per heavy atom. The molecule has 0 saturated heterocycles. The van der Waals surface area contributed by atoms with E-state index in [0.29, 0.717) is 6.71 Å². The number of quaternary nitrogens is 1. The van der Waals surface area contributed by atoms with Gasteiger partial charge in [0.25, 0.3) is 0 Å². The van der Waals surface area contributed by atoms with Gasteiger partial charge in [0.2, 0.25) is 6.71 Å². The molecule has 3 rings (SSSR count). The Hall–Kier alpha value is -2.32. The minimum atomic E-state index is 0.311. The lowest BCUT2D eigenvalue weighted by molar-refractivity contribution is -0.849. The van der Waals surface area contributed by atoms with Gasteiger partial charge < -0.3 is 4.48 Å². The SMILES string of the molecule is CCCCc1ccccc1B(c1ccccc1)c1ccccc1.C[N+](C)(C)C. The van der Waals surface area contributed by atoms with Crippen molar-refractivity contribution >= 4 is 23.1 Å². The third-order valence-electron chi connectivity index (χ3n) is 4.43. The average Bonchev–Trinajstić information content (AvgIpc) is 2.68. The lowest BCUT2D eigenvalue weighted by atomic mass is 9.36. The highest BCUT2D eigenvalue weighted by Gasteiger charge is 2.23. The number of hydrogen-bond donors (Lipinski definition) is 0. The summed E-state index contributed by atoms with van der Waals surface area (Å²) in [5, 5.41) is 0. The van der Waals surface area contributed by atoms with Crippen molar-refractivity contribution in [3.8, 4) is 0 Å². The van der Waals surface area contributed by atoms with Crippen LogP contribution in [0.2, 0.25) is 0 Å². The van der Waals surface area contributed by atoms with Crippen LogP contribution in [0.4, 0.5) is 0 Å². The van der Waals surface area contributed by atoms with Crippen molar-refractivity contribution in [2.24, 2.45) is 0 Å². The molecule has 0 aromatic heterocycles. The number of rotatable bonds is 6. The van der Waals surface area contributed by atoms with Crippen LogP contribution in [0.3, 0.4) is 0 Å². The number of unbranched alkanes of at least 4 members (excludes halogenated alkanes) is 1. The highest BCUT2D eigenvalue weighted by molar-refractivity contribution is 6.95. The first kappa shape index (κ1) is 22.0. The molecule has 0 atom stereocenters. The molecule has 28 heavy (non-hydrogen) atoms. The van der Waals surface area contributed by atoms with Crippen LogP contribution < -0.4 is 16.4 Å². The molecular weight excluding hydrogens is 337 g/mol. The summed E-state index contributed by atoms with van der Waals surface area (Å²) in [6.07, 6.45) is 3.63. The second-order valence-corrected chi connectivity index (χ2v) is 8.74. The van der Waals surface area contributed by atoms with Gasteiger partial charge in [-0.2, -0.15) is 0 Å². The van der Waals surface area contributed by atoms with E-state index < -0.39 is 0 Å². The minimum absolute atomic E-state index is 0.311. The fourth-order valence-electron chi connectivity index (χ4n) is 3.25. The zero-order valence-corrected chi connectivity index (χ0v) is 18.2. The zero-order chi connectivity index (χ0) is 20.4. The molecule has 0 spiro atoms. The minimum Gasteiger partial charge on any atom is -0.333 e. The van der Waals surface area contributed by atoms with Crippen LogP contribution in [0.5, 0.6) is 0 Å². The first-order valence-corrected chi connectivity index (χ1v) is 10.4. The van der Waals surface area contributed by atoms with E-state index in [1.165, 1.54) is 34.8 Å². The second kappa shape index (κ2) is 10.9. The number of aryl methyl sites for hydroxylation is 1. The van der Waals surface area contributed by atoms with E-state index in [0.717, 1.165) is 10.9 Å². The Balaban J connectivity index is 0.000000500. The van der Waals surface area contributed by atoms with Crippen LogP contribution in [0, 0.1) is 0 Å². The first-order chi connectivity index (χ1) is 13.4. The van der Waals surface area contributed by atoms with Gasteiger partial charge in [-0.1, -0.05) is 120 Å². The van der Waals surface area contributed by atoms with Gasteiger partial charge in [0.05, 0.1) is 28.2 Å². The van der Waals surface area contributed by atoms with Crippen LogP contribution in [-0.2, 0) is 6.42 Å². The predicted octanol–water partition coefficient (Wildman–Crippen LogP) is 3.87. The van der Waals surface area contributed by atoms with Crippen LogP contribution >= 0.6 is 0 Å². The van der Waals surface area contributed by atoms with Crippen LogP contribution in [0.1, 0.15) is 25.3 Å². The second-order valence-electron chi connectivity index (χ2n) is 8.74. The van der Waals surface area contributed by atoms with Gasteiger partial charge in [-0.3, -0.25) is 0 Å². The smallest absolute Gasteiger partial charge is 0.241 e. The first-order valence-electron chi connectivity index (χ1n) is 10.4. The third kappa shape index (κ3) is 7.36. The van der Waals surface area contributed by atoms with Crippen LogP contribution in [0.15, 0.2) is 84.9 Å². The van der Waals surface area contributed by atoms with Crippen molar-refractivity contribution in [1.82, 2.24) is 0 Å². The van der Waals surface area contributed by atoms with E-state index in [-0.39, 0.29) is 0 Å². The molecule has 1 nitrogen and oxygen atoms in total. The van der Waals surface area contributed by atoms with E-state index in [4.69, 9.17) is 0 Å². The molecule has 0 fully saturated rings. The highest BCUT2D eigenvalue weighted by atomic mass is 15.2. The quantitative estimate of drug-likeness (QED) is 0.455. The fraction of sp³-hybridized carbons (Fsp3) is 0.308. The Bertz CT molecular complexity index is 761. The molecule has 0 aliphatic carbocycles. The molecule has 0 bridgehead atoms. The largest absolute Gasteiger partial charge is 0.333 e. The molecule has 0 amide bonds. The normalized spacial score (nSPS) is 10.8. The Morgan fingerprint density at radius 3 is 1.54 bits per heavy atom. The summed E-state index contributed by atoms with van der Waals surface area (Å²) in [6.45, 7) is 2.57. The Kier molecular flexibility index (Phi) is 8.54. The zero-order valence-electron chi connectivity index (χ0n) is 18.2. The summed E-state index contributed by atoms with van der Waals surface area (Å²) < 4.78 is 1.00. The van der Waals surface area contributed by atoms with E-state index in [1.54, 1.807) is 0 Å². The summed E-state index contributed by atoms with van der Waals surface area (Å²) in [7, 11) is 8.50. The molecule has 0 radical (unpaired) electrons. The topological polar surface area (TPSA) is 0 Å². The molecule has 0 saturated carbocycles. The van der Waals surface area contributed by atoms with Crippen molar-refractivity contribution in [3.63, 3.8) is 0 Å². The van der Waals surface area contributed by atoms with Gasteiger partial charge in [-0.25, -0.2) is 0 Å². The van der Waals surface area contributed by atoms with E-state index in [1.807, 2.05) is 0 Å². The fourth-order valence-corrected chi connectivity index (χ4v) is 3.25. The van der Waals surface area contributed by atoms with Crippen LogP contribution in [-0.4, -0.2) is 39.4 Å². The van der Waals surface area contributed by atoms with E-state index in [2.05, 4.69) is 120 Å². The number of benzene rings is 3. The molecule has 0 N–H and O–H groups in total. The van der Waals surface area contributed by atoms with Gasteiger partial charge in [0.1, 0.15) is 0 Å². The molecular formula is C26H35BN+. The maximum atomic E-state index is 2.30. The Morgan fingerprint density at radius 2 is 1.07 bits per heavy atom. The van der Waals surface area contributed by atoms with Gasteiger partial charge in [-0.15, -0.1) is 0 Å². The van der Waals surface area contributed by atoms with Gasteiger partial charge in [0, 0.05) is 0 Å². The summed E-state index contributed by atoms with van der Waals surface area (Å²) in [4.78, 5) is 0. The molecule has 0 unspecified atom stereocenters. The number of hydrogen-bond acceptors (Lipinski definition) is 0. The van der Waals surface area contributed by atoms with Gasteiger partial charge >= 0.3 is 0 Å². The average molecular weight is 372 g/mol. The maximum absolute atomic E-state index is 2.30. The van der Waals surface area contributed by atoms with Crippen molar-refractivity contribution in [2.75, 3.05) is 28.2 Å². The summed E-state index contributed by atoms with van der Waals surface area (Å²) in [6, 6.07) is 30.7. The van der Waals surface area contributed by atoms with E-state index >= 15 is 0 Å². The molecule has 0 heterocycles. The summed E-state index contributed by atoms with van der Waals surface area (Å²) >= 11 is 0. The highest BCUT2D eigenvalue weighted by Crippen LogP contribution is 2.05. The molecule has 0 aliphatic rings. The summed E-state index contributed by atoms with van der Waals surface area (Å²) in [5.74, 6) is 0. The predicted molar refractivity (Wildman–Crippen MR) is 127 cm³/mol. The lowest BCUT2D eigenvalue weighted by Gasteiger charge is -2.19. The summed E-state index contributed by atoms with van der Waals surface area (Å²) in [5.41, 5.74) is 5.65. The molecule has 2 heteroatoms. The van der Waals surface area contributed by atoms with Crippen LogP contribution in [0.25, 0.3) is 0 Å². The van der Waals surface area contributed by atoms with Crippen molar-refractivity contribution in [2.45, 2.75) is 26.2 Å². The van der Waals surface area contributed by atoms with Crippen molar-refractivity contribution < 1.29 is 4.48 Å². The van der Waals surface area contributed by atoms with Crippen molar-refractivity contribution in [3.05, 3.63) is 90.5 Å². The number of nitrogens with zero attached hydrogens (tertiary/aromatic N) is 1. The van der Waals surface area contributed by atoms with Crippen molar-refractivity contribution in [1.29, 1.82) is 0 Å². The monoisotopic (exact) mass is 372 g/mol. The standard InChI is InChI=1S/C22H23B.C4H12N/c1-2-3-12-19-13-10-11-18-22(19)23(20-14-6-4-7-15-20)21-16-8-5-9-17-21;1-5(2,3)4/h4-11,13-18H,2-3,12H2,1H3;1-4H3/q;+1. The molecule has 3 aromatic rings. The van der Waals surface area contributed by atoms with Gasteiger partial charge in [-0.05, 0) is 12.8 Å². The van der Waals surface area contributed by atoms with Gasteiger partial charge in [0.15, 0.2) is 0 Å². The lowest BCUT2D eigenvalue weighted by Crippen LogP contribution is -2.53. The van der Waals surface area contributed by atoms with E-state index in [9.17, 15) is 0 Å². The molecule has 3 aromatic carbocycles. The molecule has 146 valence electrons.